The molecule has 0 saturated heterocycles. The quantitative estimate of drug-likeness (QED) is 0.244. The number of ether oxygens (including phenoxy) is 2. The van der Waals surface area contributed by atoms with Gasteiger partial charge in [-0.1, -0.05) is 71.6 Å². The lowest BCUT2D eigenvalue weighted by Crippen LogP contribution is -2.38. The van der Waals surface area contributed by atoms with Crippen LogP contribution in [0.5, 0.6) is 11.5 Å². The van der Waals surface area contributed by atoms with Gasteiger partial charge in [0.15, 0.2) is 21.4 Å². The van der Waals surface area contributed by atoms with Crippen LogP contribution in [0.1, 0.15) is 34.9 Å². The zero-order valence-corrected chi connectivity index (χ0v) is 24.1. The Bertz CT molecular complexity index is 1990. The molecular formula is C33H26N2O4S2. The van der Waals surface area contributed by atoms with Crippen molar-refractivity contribution in [3.8, 4) is 11.5 Å². The van der Waals surface area contributed by atoms with E-state index < -0.39 is 0 Å². The zero-order chi connectivity index (χ0) is 27.9. The number of methoxy groups -OCH3 is 2. The van der Waals surface area contributed by atoms with Crippen LogP contribution in [-0.4, -0.2) is 18.8 Å². The molecule has 8 heteroatoms. The molecule has 3 heterocycles. The third-order valence-electron chi connectivity index (χ3n) is 7.43. The van der Waals surface area contributed by atoms with Gasteiger partial charge in [-0.25, -0.2) is 4.99 Å². The second-order valence-electron chi connectivity index (χ2n) is 9.80. The normalized spacial score (nSPS) is 16.0. The number of aryl methyl sites for hydroxylation is 1. The molecule has 1 atom stereocenters. The first-order chi connectivity index (χ1) is 20.1. The Labute approximate surface area is 244 Å². The van der Waals surface area contributed by atoms with Crippen LogP contribution >= 0.6 is 23.1 Å². The highest BCUT2D eigenvalue weighted by molar-refractivity contribution is 7.99. The van der Waals surface area contributed by atoms with Gasteiger partial charge in [0.2, 0.25) is 0 Å². The number of aromatic nitrogens is 1. The van der Waals surface area contributed by atoms with E-state index in [1.807, 2.05) is 77.4 Å². The largest absolute Gasteiger partial charge is 0.493 e. The maximum Gasteiger partial charge on any atom is 0.271 e. The Morgan fingerprint density at radius 1 is 0.951 bits per heavy atom. The fraction of sp³-hybridized carbons (Fsp3) is 0.152. The number of nitrogens with zero attached hydrogens (tertiary/aromatic N) is 2. The summed E-state index contributed by atoms with van der Waals surface area (Å²) in [6.45, 7) is 0. The van der Waals surface area contributed by atoms with Crippen LogP contribution in [0.15, 0.2) is 115 Å². The minimum atomic E-state index is -0.308. The van der Waals surface area contributed by atoms with E-state index in [0.29, 0.717) is 26.6 Å². The highest BCUT2D eigenvalue weighted by Gasteiger charge is 2.33. The van der Waals surface area contributed by atoms with Gasteiger partial charge in [-0.15, -0.1) is 0 Å². The van der Waals surface area contributed by atoms with E-state index in [9.17, 15) is 4.79 Å². The zero-order valence-electron chi connectivity index (χ0n) is 22.5. The van der Waals surface area contributed by atoms with E-state index in [1.165, 1.54) is 16.9 Å². The van der Waals surface area contributed by atoms with Gasteiger partial charge in [0, 0.05) is 16.5 Å². The molecular weight excluding hydrogens is 553 g/mol. The summed E-state index contributed by atoms with van der Waals surface area (Å²) in [5.74, 6) is 1.90. The summed E-state index contributed by atoms with van der Waals surface area (Å²) in [6, 6.07) is 27.9. The molecule has 2 aromatic heterocycles. The summed E-state index contributed by atoms with van der Waals surface area (Å²) in [4.78, 5) is 20.9. The van der Waals surface area contributed by atoms with Crippen LogP contribution in [0.25, 0.3) is 11.8 Å². The van der Waals surface area contributed by atoms with E-state index >= 15 is 0 Å². The van der Waals surface area contributed by atoms with Gasteiger partial charge in [-0.05, 0) is 65.9 Å². The molecule has 1 unspecified atom stereocenters. The molecule has 204 valence electrons. The molecule has 1 aliphatic heterocycles. The molecule has 6 nitrogen and oxygen atoms in total. The molecule has 0 fully saturated rings. The molecule has 2 aliphatic rings. The van der Waals surface area contributed by atoms with Gasteiger partial charge < -0.3 is 13.9 Å². The summed E-state index contributed by atoms with van der Waals surface area (Å²) in [6.07, 6.45) is 3.53. The molecule has 7 rings (SSSR count). The maximum atomic E-state index is 14.1. The molecule has 0 amide bonds. The fourth-order valence-electron chi connectivity index (χ4n) is 5.55. The first-order valence-electron chi connectivity index (χ1n) is 13.3. The van der Waals surface area contributed by atoms with Crippen molar-refractivity contribution in [3.63, 3.8) is 0 Å². The molecule has 5 aromatic rings. The number of benzene rings is 3. The molecule has 3 aromatic carbocycles. The van der Waals surface area contributed by atoms with E-state index in [2.05, 4.69) is 18.2 Å². The van der Waals surface area contributed by atoms with Crippen molar-refractivity contribution >= 4 is 34.9 Å². The van der Waals surface area contributed by atoms with Gasteiger partial charge in [-0.2, -0.15) is 0 Å². The summed E-state index contributed by atoms with van der Waals surface area (Å²) in [7, 11) is 3.25. The molecule has 41 heavy (non-hydrogen) atoms. The van der Waals surface area contributed by atoms with Crippen molar-refractivity contribution in [1.82, 2.24) is 4.57 Å². The van der Waals surface area contributed by atoms with Crippen molar-refractivity contribution in [3.05, 3.63) is 133 Å². The van der Waals surface area contributed by atoms with E-state index in [4.69, 9.17) is 18.9 Å². The molecule has 0 radical (unpaired) electrons. The summed E-state index contributed by atoms with van der Waals surface area (Å²) < 4.78 is 19.6. The van der Waals surface area contributed by atoms with Gasteiger partial charge >= 0.3 is 0 Å². The van der Waals surface area contributed by atoms with Crippen LogP contribution in [-0.2, 0) is 6.42 Å². The third kappa shape index (κ3) is 4.63. The predicted octanol–water partition coefficient (Wildman–Crippen LogP) is 6.08. The van der Waals surface area contributed by atoms with Crippen LogP contribution in [0.2, 0.25) is 0 Å². The van der Waals surface area contributed by atoms with Crippen molar-refractivity contribution in [2.75, 3.05) is 14.2 Å². The Kier molecular flexibility index (Phi) is 6.65. The van der Waals surface area contributed by atoms with E-state index in [-0.39, 0.29) is 11.6 Å². The summed E-state index contributed by atoms with van der Waals surface area (Å²) in [5, 5.41) is 0.769. The Morgan fingerprint density at radius 2 is 1.76 bits per heavy atom. The lowest BCUT2D eigenvalue weighted by Gasteiger charge is -2.31. The third-order valence-corrected chi connectivity index (χ3v) is 9.34. The number of allylic oxidation sites excluding steroid dienone is 1. The van der Waals surface area contributed by atoms with Crippen LogP contribution in [0, 0.1) is 0 Å². The monoisotopic (exact) mass is 578 g/mol. The average molecular weight is 579 g/mol. The lowest BCUT2D eigenvalue weighted by molar-refractivity contribution is 0.354. The number of fused-ring (bicyclic) bond motifs is 3. The number of hydrogen-bond donors (Lipinski definition) is 0. The maximum absolute atomic E-state index is 14.1. The highest BCUT2D eigenvalue weighted by Crippen LogP contribution is 2.42. The number of thiazole rings is 1. The molecule has 0 spiro atoms. The van der Waals surface area contributed by atoms with Crippen molar-refractivity contribution in [1.29, 1.82) is 0 Å². The molecule has 1 aliphatic carbocycles. The first-order valence-corrected chi connectivity index (χ1v) is 14.9. The van der Waals surface area contributed by atoms with Crippen molar-refractivity contribution < 1.29 is 13.9 Å². The van der Waals surface area contributed by atoms with Crippen LogP contribution < -0.4 is 24.4 Å². The van der Waals surface area contributed by atoms with Crippen molar-refractivity contribution in [2.24, 2.45) is 4.99 Å². The smallest absolute Gasteiger partial charge is 0.271 e. The molecule has 0 saturated carbocycles. The van der Waals surface area contributed by atoms with Gasteiger partial charge in [0.1, 0.15) is 5.76 Å². The van der Waals surface area contributed by atoms with Gasteiger partial charge in [0.05, 0.1) is 30.5 Å². The Hall–Kier alpha value is -4.27. The van der Waals surface area contributed by atoms with Crippen LogP contribution in [0.3, 0.4) is 0 Å². The SMILES string of the molecule is COc1ccc(C2C3=C(N=c4sc(=Cc5ccc(Sc6ccccc6)o5)c(=O)n42)c2ccccc2CC3)cc1OC. The molecule has 0 bridgehead atoms. The standard InChI is InChI=1S/C33H26N2O4S2/c1-37-26-16-13-21(18-27(26)38-2)31-25-15-12-20-8-6-7-11-24(20)30(25)34-33-35(31)32(36)28(41-33)19-22-14-17-29(39-22)40-23-9-4-3-5-10-23/h3-11,13-14,16-19,31H,12,15H2,1-2H3. The predicted molar refractivity (Wildman–Crippen MR) is 162 cm³/mol. The highest BCUT2D eigenvalue weighted by atomic mass is 32.2. The Morgan fingerprint density at radius 3 is 2.59 bits per heavy atom. The number of hydrogen-bond acceptors (Lipinski definition) is 7. The minimum absolute atomic E-state index is 0.0902. The van der Waals surface area contributed by atoms with E-state index in [0.717, 1.165) is 45.2 Å². The van der Waals surface area contributed by atoms with Gasteiger partial charge in [0.25, 0.3) is 5.56 Å². The Balaban J connectivity index is 1.37. The lowest BCUT2D eigenvalue weighted by atomic mass is 9.83. The summed E-state index contributed by atoms with van der Waals surface area (Å²) in [5.41, 5.74) is 5.36. The topological polar surface area (TPSA) is 66.0 Å². The average Bonchev–Trinajstić information content (AvgIpc) is 3.59. The first kappa shape index (κ1) is 25.7. The van der Waals surface area contributed by atoms with Crippen molar-refractivity contribution in [2.45, 2.75) is 28.9 Å². The number of furan rings is 1. The van der Waals surface area contributed by atoms with Gasteiger partial charge in [-0.3, -0.25) is 9.36 Å². The second-order valence-corrected chi connectivity index (χ2v) is 11.9. The van der Waals surface area contributed by atoms with E-state index in [1.54, 1.807) is 26.0 Å². The molecule has 0 N–H and O–H groups in total. The second kappa shape index (κ2) is 10.6. The fourth-order valence-corrected chi connectivity index (χ4v) is 7.33. The number of rotatable bonds is 6. The van der Waals surface area contributed by atoms with Crippen LogP contribution in [0.4, 0.5) is 0 Å². The minimum Gasteiger partial charge on any atom is -0.493 e. The summed E-state index contributed by atoms with van der Waals surface area (Å²) >= 11 is 2.94.